The Morgan fingerprint density at radius 1 is 1.11 bits per heavy atom. The fourth-order valence-electron chi connectivity index (χ4n) is 5.34. The molecule has 3 heterocycles. The first-order chi connectivity index (χ1) is 22.2. The molecular weight excluding hydrogens is 670 g/mol. The lowest BCUT2D eigenvalue weighted by Gasteiger charge is -2.26. The number of nitro groups is 1. The Hall–Kier alpha value is -4.87. The predicted molar refractivity (Wildman–Crippen MR) is 180 cm³/mol. The van der Waals surface area contributed by atoms with E-state index in [1.165, 1.54) is 23.5 Å². The van der Waals surface area contributed by atoms with Gasteiger partial charge < -0.3 is 9.15 Å². The van der Waals surface area contributed by atoms with Crippen molar-refractivity contribution in [2.75, 3.05) is 6.61 Å². The average molecular weight is 699 g/mol. The van der Waals surface area contributed by atoms with Crippen molar-refractivity contribution in [2.24, 2.45) is 4.99 Å². The maximum Gasteiger partial charge on any atom is 0.338 e. The number of hydrogen-bond donors (Lipinski definition) is 0. The molecule has 0 saturated carbocycles. The summed E-state index contributed by atoms with van der Waals surface area (Å²) in [5.41, 5.74) is 3.61. The summed E-state index contributed by atoms with van der Waals surface area (Å²) in [6.07, 6.45) is 1.64. The smallest absolute Gasteiger partial charge is 0.338 e. The van der Waals surface area contributed by atoms with Gasteiger partial charge in [0.25, 0.3) is 11.2 Å². The van der Waals surface area contributed by atoms with Gasteiger partial charge in [-0.2, -0.15) is 0 Å². The zero-order valence-corrected chi connectivity index (χ0v) is 27.5. The van der Waals surface area contributed by atoms with E-state index in [1.807, 2.05) is 54.6 Å². The predicted octanol–water partition coefficient (Wildman–Crippen LogP) is 6.99. The van der Waals surface area contributed by atoms with Gasteiger partial charge >= 0.3 is 5.97 Å². The molecule has 0 saturated heterocycles. The molecule has 11 heteroatoms. The number of aromatic nitrogens is 1. The summed E-state index contributed by atoms with van der Waals surface area (Å²) >= 11 is 4.59. The number of rotatable bonds is 8. The zero-order valence-electron chi connectivity index (χ0n) is 25.1. The second-order valence-electron chi connectivity index (χ2n) is 10.9. The monoisotopic (exact) mass is 697 g/mol. The third-order valence-corrected chi connectivity index (χ3v) is 9.26. The van der Waals surface area contributed by atoms with Crippen LogP contribution in [0.1, 0.15) is 55.2 Å². The van der Waals surface area contributed by atoms with Gasteiger partial charge in [-0.15, -0.1) is 0 Å². The molecule has 0 amide bonds. The van der Waals surface area contributed by atoms with Crippen LogP contribution in [0.3, 0.4) is 0 Å². The number of nitrogens with zero attached hydrogens (tertiary/aromatic N) is 3. The molecule has 1 unspecified atom stereocenters. The Kier molecular flexibility index (Phi) is 8.70. The van der Waals surface area contributed by atoms with Gasteiger partial charge in [0.2, 0.25) is 0 Å². The number of ether oxygens (including phenoxy) is 1. The highest BCUT2D eigenvalue weighted by atomic mass is 79.9. The summed E-state index contributed by atoms with van der Waals surface area (Å²) in [5, 5.41) is 11.2. The van der Waals surface area contributed by atoms with E-state index in [0.29, 0.717) is 42.5 Å². The van der Waals surface area contributed by atoms with Crippen LogP contribution in [0.25, 0.3) is 23.1 Å². The zero-order chi connectivity index (χ0) is 32.5. The SMILES string of the molecule is CCOC(=O)C1=C(c2ccccc2)N=c2s/c(=C\c3ccc(-c4ccc([N+](=O)[O-])cc4Br)o3)c(=O)n2C1c1ccc(C(C)C)cc1. The van der Waals surface area contributed by atoms with E-state index in [-0.39, 0.29) is 23.4 Å². The van der Waals surface area contributed by atoms with Gasteiger partial charge in [-0.1, -0.05) is 79.8 Å². The van der Waals surface area contributed by atoms with Crippen molar-refractivity contribution in [3.63, 3.8) is 0 Å². The van der Waals surface area contributed by atoms with Crippen LogP contribution >= 0.6 is 27.3 Å². The Morgan fingerprint density at radius 3 is 2.50 bits per heavy atom. The largest absolute Gasteiger partial charge is 0.463 e. The molecule has 0 bridgehead atoms. The summed E-state index contributed by atoms with van der Waals surface area (Å²) in [6.45, 7) is 6.13. The molecule has 6 rings (SSSR count). The number of furan rings is 1. The van der Waals surface area contributed by atoms with Gasteiger partial charge in [0.05, 0.1) is 33.4 Å². The molecule has 1 aliphatic rings. The van der Waals surface area contributed by atoms with Crippen LogP contribution in [-0.2, 0) is 9.53 Å². The first-order valence-corrected chi connectivity index (χ1v) is 16.2. The average Bonchev–Trinajstić information content (AvgIpc) is 3.64. The summed E-state index contributed by atoms with van der Waals surface area (Å²) in [5.74, 6) is 0.651. The number of benzene rings is 3. The van der Waals surface area contributed by atoms with Gasteiger partial charge in [-0.3, -0.25) is 19.5 Å². The summed E-state index contributed by atoms with van der Waals surface area (Å²) < 4.78 is 14.0. The van der Waals surface area contributed by atoms with Crippen LogP contribution in [0.5, 0.6) is 0 Å². The first kappa shape index (κ1) is 31.1. The van der Waals surface area contributed by atoms with E-state index in [0.717, 1.165) is 16.7 Å². The van der Waals surface area contributed by atoms with Crippen LogP contribution in [0.4, 0.5) is 5.69 Å². The molecule has 0 fully saturated rings. The van der Waals surface area contributed by atoms with Crippen LogP contribution in [0, 0.1) is 10.1 Å². The minimum atomic E-state index is -0.780. The van der Waals surface area contributed by atoms with Crippen molar-refractivity contribution < 1.29 is 18.9 Å². The highest BCUT2D eigenvalue weighted by Gasteiger charge is 2.35. The second-order valence-corrected chi connectivity index (χ2v) is 12.7. The Bertz CT molecular complexity index is 2180. The number of hydrogen-bond acceptors (Lipinski definition) is 8. The standard InChI is InChI=1S/C35H28BrN3O6S/c1-4-44-34(41)30-31(22-8-6-5-7-9-22)37-35-38(32(30)23-12-10-21(11-13-23)20(2)3)33(40)29(46-35)19-25-15-17-28(45-25)26-16-14-24(39(42)43)18-27(26)36/h5-20,32H,4H2,1-3H3/b29-19-. The second kappa shape index (κ2) is 12.9. The molecule has 0 aliphatic carbocycles. The Morgan fingerprint density at radius 2 is 1.85 bits per heavy atom. The fraction of sp³-hybridized carbons (Fsp3) is 0.171. The topological polar surface area (TPSA) is 117 Å². The van der Waals surface area contributed by atoms with Crippen LogP contribution < -0.4 is 14.9 Å². The van der Waals surface area contributed by atoms with Crippen molar-refractivity contribution in [1.29, 1.82) is 0 Å². The van der Waals surface area contributed by atoms with Gasteiger partial charge in [-0.05, 0) is 58.1 Å². The third-order valence-electron chi connectivity index (χ3n) is 7.62. The van der Waals surface area contributed by atoms with Crippen LogP contribution in [-0.4, -0.2) is 22.1 Å². The summed E-state index contributed by atoms with van der Waals surface area (Å²) in [4.78, 5) is 43.8. The number of nitro benzene ring substituents is 1. The molecule has 2 aromatic heterocycles. The van der Waals surface area contributed by atoms with E-state index in [9.17, 15) is 19.7 Å². The lowest BCUT2D eigenvalue weighted by Crippen LogP contribution is -2.40. The first-order valence-electron chi connectivity index (χ1n) is 14.6. The lowest BCUT2D eigenvalue weighted by molar-refractivity contribution is -0.384. The Balaban J connectivity index is 1.53. The van der Waals surface area contributed by atoms with Crippen LogP contribution in [0.2, 0.25) is 0 Å². The fourth-order valence-corrected chi connectivity index (χ4v) is 6.88. The van der Waals surface area contributed by atoms with Gasteiger partial charge in [0, 0.05) is 33.8 Å². The van der Waals surface area contributed by atoms with E-state index in [4.69, 9.17) is 14.1 Å². The van der Waals surface area contributed by atoms with Crippen molar-refractivity contribution in [3.05, 3.63) is 147 Å². The number of halogens is 1. The van der Waals surface area contributed by atoms with Crippen molar-refractivity contribution in [3.8, 4) is 11.3 Å². The highest BCUT2D eigenvalue weighted by Crippen LogP contribution is 2.36. The summed E-state index contributed by atoms with van der Waals surface area (Å²) in [6, 6.07) is 24.4. The molecule has 9 nitrogen and oxygen atoms in total. The lowest BCUT2D eigenvalue weighted by atomic mass is 9.91. The third kappa shape index (κ3) is 5.91. The minimum Gasteiger partial charge on any atom is -0.463 e. The molecule has 3 aromatic carbocycles. The van der Waals surface area contributed by atoms with E-state index < -0.39 is 16.9 Å². The quantitative estimate of drug-likeness (QED) is 0.0980. The van der Waals surface area contributed by atoms with Crippen molar-refractivity contribution in [2.45, 2.75) is 32.7 Å². The van der Waals surface area contributed by atoms with E-state index in [1.54, 1.807) is 35.8 Å². The molecule has 0 spiro atoms. The van der Waals surface area contributed by atoms with E-state index in [2.05, 4.69) is 29.8 Å². The molecule has 1 atom stereocenters. The maximum absolute atomic E-state index is 14.2. The van der Waals surface area contributed by atoms with Gasteiger partial charge in [-0.25, -0.2) is 9.79 Å². The highest BCUT2D eigenvalue weighted by molar-refractivity contribution is 9.10. The molecule has 46 heavy (non-hydrogen) atoms. The Labute approximate surface area is 276 Å². The molecule has 232 valence electrons. The number of fused-ring (bicyclic) bond motifs is 1. The molecular formula is C35H28BrN3O6S. The molecule has 0 N–H and O–H groups in total. The number of non-ortho nitro benzene ring substituents is 1. The number of esters is 1. The number of carbonyl (C=O) groups is 1. The minimum absolute atomic E-state index is 0.0472. The van der Waals surface area contributed by atoms with Crippen molar-refractivity contribution in [1.82, 2.24) is 4.57 Å². The molecule has 5 aromatic rings. The molecule has 0 radical (unpaired) electrons. The molecule has 1 aliphatic heterocycles. The number of carbonyl (C=O) groups excluding carboxylic acids is 1. The maximum atomic E-state index is 14.2. The number of thiazole rings is 1. The normalized spacial score (nSPS) is 14.7. The van der Waals surface area contributed by atoms with Gasteiger partial charge in [0.15, 0.2) is 4.80 Å². The van der Waals surface area contributed by atoms with Crippen molar-refractivity contribution >= 4 is 50.7 Å². The van der Waals surface area contributed by atoms with Crippen LogP contribution in [0.15, 0.2) is 109 Å². The van der Waals surface area contributed by atoms with E-state index >= 15 is 0 Å². The van der Waals surface area contributed by atoms with Gasteiger partial charge in [0.1, 0.15) is 11.5 Å². The summed E-state index contributed by atoms with van der Waals surface area (Å²) in [7, 11) is 0.